The van der Waals surface area contributed by atoms with E-state index in [1.54, 1.807) is 24.3 Å². The Morgan fingerprint density at radius 2 is 1.88 bits per heavy atom. The van der Waals surface area contributed by atoms with Gasteiger partial charge in [0.25, 0.3) is 0 Å². The Bertz CT molecular complexity index is 786. The molecule has 1 heterocycles. The number of sulfone groups is 1. The predicted octanol–water partition coefficient (Wildman–Crippen LogP) is 0.214. The first-order chi connectivity index (χ1) is 11.2. The summed E-state index contributed by atoms with van der Waals surface area (Å²) in [6, 6.07) is 6.54. The van der Waals surface area contributed by atoms with Gasteiger partial charge in [-0.05, 0) is 31.9 Å². The van der Waals surface area contributed by atoms with Crippen LogP contribution in [0.15, 0.2) is 29.2 Å². The van der Waals surface area contributed by atoms with Crippen molar-refractivity contribution in [2.24, 2.45) is 5.92 Å². The molecule has 0 aromatic heterocycles. The Kier molecular flexibility index (Phi) is 6.00. The third-order valence-electron chi connectivity index (χ3n) is 3.88. The number of nitrogens with one attached hydrogen (secondary N) is 2. The van der Waals surface area contributed by atoms with E-state index < -0.39 is 25.8 Å². The highest BCUT2D eigenvalue weighted by molar-refractivity contribution is 7.91. The summed E-state index contributed by atoms with van der Waals surface area (Å²) in [5.41, 5.74) is 0.977. The Morgan fingerprint density at radius 1 is 1.21 bits per heavy atom. The fourth-order valence-electron chi connectivity index (χ4n) is 2.45. The first kappa shape index (κ1) is 18.9. The average molecular weight is 374 g/mol. The Balaban J connectivity index is 1.71. The number of hydrogen-bond acceptors (Lipinski definition) is 5. The normalized spacial score (nSPS) is 20.0. The molecular weight excluding hydrogens is 352 g/mol. The van der Waals surface area contributed by atoms with Crippen LogP contribution in [0.4, 0.5) is 0 Å². The van der Waals surface area contributed by atoms with Crippen LogP contribution in [0.25, 0.3) is 0 Å². The largest absolute Gasteiger partial charge is 0.356 e. The first-order valence-electron chi connectivity index (χ1n) is 7.74. The van der Waals surface area contributed by atoms with Gasteiger partial charge in [-0.1, -0.05) is 17.7 Å². The first-order valence-corrected chi connectivity index (χ1v) is 11.0. The molecule has 1 fully saturated rings. The SMILES string of the molecule is Cc1ccc(S(=O)(=O)NCCCNC(=O)[C@@H]2CCS(=O)(=O)C2)cc1. The topological polar surface area (TPSA) is 109 Å². The Labute approximate surface area is 142 Å². The molecule has 0 bridgehead atoms. The predicted molar refractivity (Wildman–Crippen MR) is 90.8 cm³/mol. The molecule has 24 heavy (non-hydrogen) atoms. The lowest BCUT2D eigenvalue weighted by Gasteiger charge is -2.10. The molecule has 0 unspecified atom stereocenters. The highest BCUT2D eigenvalue weighted by Crippen LogP contribution is 2.18. The van der Waals surface area contributed by atoms with Gasteiger partial charge in [0.15, 0.2) is 9.84 Å². The number of sulfonamides is 1. The van der Waals surface area contributed by atoms with Gasteiger partial charge in [-0.15, -0.1) is 0 Å². The van der Waals surface area contributed by atoms with Gasteiger partial charge in [-0.2, -0.15) is 0 Å². The van der Waals surface area contributed by atoms with Crippen LogP contribution in [-0.4, -0.2) is 47.3 Å². The van der Waals surface area contributed by atoms with E-state index in [-0.39, 0.29) is 28.9 Å². The number of benzene rings is 1. The van der Waals surface area contributed by atoms with Gasteiger partial charge in [0, 0.05) is 13.1 Å². The summed E-state index contributed by atoms with van der Waals surface area (Å²) in [4.78, 5) is 12.0. The molecule has 1 aromatic carbocycles. The van der Waals surface area contributed by atoms with Crippen LogP contribution in [0.3, 0.4) is 0 Å². The molecule has 1 saturated heterocycles. The second kappa shape index (κ2) is 7.62. The molecule has 1 amide bonds. The standard InChI is InChI=1S/C15H22N2O5S2/c1-12-3-5-14(6-4-12)24(21,22)17-9-2-8-16-15(18)13-7-10-23(19,20)11-13/h3-6,13,17H,2,7-11H2,1H3,(H,16,18)/t13-/m1/s1. The zero-order valence-corrected chi connectivity index (χ0v) is 15.1. The summed E-state index contributed by atoms with van der Waals surface area (Å²) in [5.74, 6) is -0.808. The van der Waals surface area contributed by atoms with E-state index in [2.05, 4.69) is 10.0 Å². The van der Waals surface area contributed by atoms with E-state index in [1.165, 1.54) is 0 Å². The number of hydrogen-bond donors (Lipinski definition) is 2. The van der Waals surface area contributed by atoms with Crippen molar-refractivity contribution in [1.29, 1.82) is 0 Å². The molecule has 1 aliphatic rings. The average Bonchev–Trinajstić information content (AvgIpc) is 2.87. The highest BCUT2D eigenvalue weighted by atomic mass is 32.2. The molecule has 1 aliphatic heterocycles. The number of aryl methyl sites for hydroxylation is 1. The molecular formula is C15H22N2O5S2. The molecule has 0 aliphatic carbocycles. The highest BCUT2D eigenvalue weighted by Gasteiger charge is 2.32. The molecule has 1 aromatic rings. The third-order valence-corrected chi connectivity index (χ3v) is 7.12. The van der Waals surface area contributed by atoms with Crippen molar-refractivity contribution in [1.82, 2.24) is 10.0 Å². The van der Waals surface area contributed by atoms with Gasteiger partial charge in [0.05, 0.1) is 22.3 Å². The summed E-state index contributed by atoms with van der Waals surface area (Å²) in [6.45, 7) is 2.37. The Hall–Kier alpha value is -1.45. The van der Waals surface area contributed by atoms with Crippen molar-refractivity contribution >= 4 is 25.8 Å². The zero-order chi connectivity index (χ0) is 17.8. The van der Waals surface area contributed by atoms with Crippen LogP contribution in [0.2, 0.25) is 0 Å². The molecule has 0 radical (unpaired) electrons. The fourth-order valence-corrected chi connectivity index (χ4v) is 5.27. The molecule has 2 rings (SSSR count). The van der Waals surface area contributed by atoms with Crippen molar-refractivity contribution in [3.05, 3.63) is 29.8 Å². The number of carbonyl (C=O) groups excluding carboxylic acids is 1. The van der Waals surface area contributed by atoms with E-state index in [0.717, 1.165) is 5.56 Å². The summed E-state index contributed by atoms with van der Waals surface area (Å²) >= 11 is 0. The lowest BCUT2D eigenvalue weighted by atomic mass is 10.1. The van der Waals surface area contributed by atoms with Gasteiger partial charge in [0.1, 0.15) is 0 Å². The minimum atomic E-state index is -3.55. The van der Waals surface area contributed by atoms with Crippen LogP contribution >= 0.6 is 0 Å². The van der Waals surface area contributed by atoms with Gasteiger partial charge < -0.3 is 5.32 Å². The molecule has 7 nitrogen and oxygen atoms in total. The minimum Gasteiger partial charge on any atom is -0.356 e. The van der Waals surface area contributed by atoms with Crippen LogP contribution in [0, 0.1) is 12.8 Å². The maximum atomic E-state index is 12.1. The van der Waals surface area contributed by atoms with E-state index in [9.17, 15) is 21.6 Å². The quantitative estimate of drug-likeness (QED) is 0.663. The Morgan fingerprint density at radius 3 is 2.46 bits per heavy atom. The number of rotatable bonds is 7. The van der Waals surface area contributed by atoms with Crippen LogP contribution < -0.4 is 10.0 Å². The maximum Gasteiger partial charge on any atom is 0.240 e. The van der Waals surface area contributed by atoms with Gasteiger partial charge in [0.2, 0.25) is 15.9 Å². The molecule has 134 valence electrons. The van der Waals surface area contributed by atoms with Crippen LogP contribution in [-0.2, 0) is 24.7 Å². The molecule has 0 spiro atoms. The lowest BCUT2D eigenvalue weighted by molar-refractivity contribution is -0.124. The monoisotopic (exact) mass is 374 g/mol. The number of carbonyl (C=O) groups is 1. The van der Waals surface area contributed by atoms with Crippen molar-refractivity contribution < 1.29 is 21.6 Å². The lowest BCUT2D eigenvalue weighted by Crippen LogP contribution is -2.34. The minimum absolute atomic E-state index is 0.0570. The summed E-state index contributed by atoms with van der Waals surface area (Å²) in [7, 11) is -6.63. The zero-order valence-electron chi connectivity index (χ0n) is 13.5. The van der Waals surface area contributed by atoms with E-state index in [1.807, 2.05) is 6.92 Å². The van der Waals surface area contributed by atoms with E-state index in [4.69, 9.17) is 0 Å². The van der Waals surface area contributed by atoms with E-state index in [0.29, 0.717) is 19.4 Å². The summed E-state index contributed by atoms with van der Waals surface area (Å²) in [5, 5.41) is 2.66. The summed E-state index contributed by atoms with van der Waals surface area (Å²) < 4.78 is 49.3. The fraction of sp³-hybridized carbons (Fsp3) is 0.533. The van der Waals surface area contributed by atoms with Gasteiger partial charge >= 0.3 is 0 Å². The van der Waals surface area contributed by atoms with Gasteiger partial charge in [-0.25, -0.2) is 21.6 Å². The third kappa shape index (κ3) is 5.29. The second-order valence-corrected chi connectivity index (χ2v) is 9.95. The van der Waals surface area contributed by atoms with Gasteiger partial charge in [-0.3, -0.25) is 4.79 Å². The molecule has 0 saturated carbocycles. The van der Waals surface area contributed by atoms with Crippen LogP contribution in [0.1, 0.15) is 18.4 Å². The van der Waals surface area contributed by atoms with Crippen molar-refractivity contribution in [2.45, 2.75) is 24.7 Å². The number of amides is 1. The second-order valence-electron chi connectivity index (χ2n) is 5.96. The van der Waals surface area contributed by atoms with Crippen molar-refractivity contribution in [3.63, 3.8) is 0 Å². The van der Waals surface area contributed by atoms with Crippen molar-refractivity contribution in [3.8, 4) is 0 Å². The van der Waals surface area contributed by atoms with E-state index >= 15 is 0 Å². The molecule has 1 atom stereocenters. The van der Waals surface area contributed by atoms with Crippen LogP contribution in [0.5, 0.6) is 0 Å². The smallest absolute Gasteiger partial charge is 0.240 e. The van der Waals surface area contributed by atoms with Crippen molar-refractivity contribution in [2.75, 3.05) is 24.6 Å². The molecule has 9 heteroatoms. The molecule has 2 N–H and O–H groups in total. The summed E-state index contributed by atoms with van der Waals surface area (Å²) in [6.07, 6.45) is 0.782. The maximum absolute atomic E-state index is 12.1.